The molecule has 0 bridgehead atoms. The van der Waals surface area contributed by atoms with Gasteiger partial charge >= 0.3 is 6.18 Å². The highest BCUT2D eigenvalue weighted by Crippen LogP contribution is 2.34. The summed E-state index contributed by atoms with van der Waals surface area (Å²) < 4.78 is 41.9. The van der Waals surface area contributed by atoms with Crippen molar-refractivity contribution in [2.45, 2.75) is 19.0 Å². The van der Waals surface area contributed by atoms with E-state index < -0.39 is 23.3 Å². The number of carbonyl (C=O) groups is 1. The molecular formula is C22H17ClF3N5OS. The normalized spacial score (nSPS) is 11.5. The van der Waals surface area contributed by atoms with Gasteiger partial charge in [0.15, 0.2) is 5.69 Å². The van der Waals surface area contributed by atoms with Gasteiger partial charge in [-0.25, -0.2) is 9.67 Å². The van der Waals surface area contributed by atoms with E-state index in [0.717, 1.165) is 22.5 Å². The minimum absolute atomic E-state index is 0.152. The maximum Gasteiger partial charge on any atom is 0.434 e. The molecule has 0 aliphatic rings. The Kier molecular flexibility index (Phi) is 6.75. The predicted octanol–water partition coefficient (Wildman–Crippen LogP) is 5.43. The molecule has 33 heavy (non-hydrogen) atoms. The number of alkyl halides is 3. The number of amides is 1. The highest BCUT2D eigenvalue weighted by molar-refractivity contribution is 7.09. The van der Waals surface area contributed by atoms with E-state index >= 15 is 0 Å². The summed E-state index contributed by atoms with van der Waals surface area (Å²) >= 11 is 7.30. The number of rotatable bonds is 7. The van der Waals surface area contributed by atoms with Gasteiger partial charge < -0.3 is 5.32 Å². The topological polar surface area (TPSA) is 72.7 Å². The molecule has 0 atom stereocenters. The number of benzene rings is 1. The Morgan fingerprint density at radius 3 is 2.55 bits per heavy atom. The molecule has 170 valence electrons. The highest BCUT2D eigenvalue weighted by atomic mass is 35.5. The number of halogens is 4. The van der Waals surface area contributed by atoms with Crippen LogP contribution in [0, 0.1) is 0 Å². The first kappa shape index (κ1) is 22.9. The molecule has 1 amide bonds. The van der Waals surface area contributed by atoms with Crippen LogP contribution in [-0.2, 0) is 12.6 Å². The molecule has 0 aliphatic carbocycles. The van der Waals surface area contributed by atoms with Gasteiger partial charge in [-0.05, 0) is 42.8 Å². The summed E-state index contributed by atoms with van der Waals surface area (Å²) in [5, 5.41) is 9.53. The number of aromatic nitrogens is 4. The molecule has 0 saturated heterocycles. The van der Waals surface area contributed by atoms with Crippen molar-refractivity contribution < 1.29 is 18.0 Å². The third-order valence-corrected chi connectivity index (χ3v) is 5.89. The predicted molar refractivity (Wildman–Crippen MR) is 120 cm³/mol. The number of pyridine rings is 1. The van der Waals surface area contributed by atoms with Gasteiger partial charge in [0.05, 0.1) is 28.1 Å². The molecule has 3 aromatic heterocycles. The quantitative estimate of drug-likeness (QED) is 0.350. The number of thiazole rings is 1. The third kappa shape index (κ3) is 5.40. The van der Waals surface area contributed by atoms with Crippen LogP contribution in [0.5, 0.6) is 0 Å². The van der Waals surface area contributed by atoms with E-state index in [9.17, 15) is 18.0 Å². The van der Waals surface area contributed by atoms with Gasteiger partial charge in [-0.1, -0.05) is 11.6 Å². The average molecular weight is 492 g/mol. The Morgan fingerprint density at radius 1 is 1.12 bits per heavy atom. The second kappa shape index (κ2) is 9.72. The van der Waals surface area contributed by atoms with Crippen LogP contribution >= 0.6 is 22.9 Å². The summed E-state index contributed by atoms with van der Waals surface area (Å²) in [4.78, 5) is 21.0. The summed E-state index contributed by atoms with van der Waals surface area (Å²) in [6.45, 7) is 0.201. The van der Waals surface area contributed by atoms with Crippen LogP contribution in [0.4, 0.5) is 13.2 Å². The zero-order valence-electron chi connectivity index (χ0n) is 17.0. The van der Waals surface area contributed by atoms with Crippen molar-refractivity contribution >= 4 is 28.8 Å². The van der Waals surface area contributed by atoms with Gasteiger partial charge in [-0.15, -0.1) is 11.3 Å². The lowest BCUT2D eigenvalue weighted by Gasteiger charge is -2.13. The maximum absolute atomic E-state index is 13.7. The lowest BCUT2D eigenvalue weighted by molar-refractivity contribution is -0.143. The molecule has 0 fully saturated rings. The maximum atomic E-state index is 13.7. The largest absolute Gasteiger partial charge is 0.434 e. The van der Waals surface area contributed by atoms with Crippen molar-refractivity contribution in [3.8, 4) is 16.9 Å². The number of aryl methyl sites for hydroxylation is 1. The molecule has 0 saturated carbocycles. The number of nitrogens with zero attached hydrogens (tertiary/aromatic N) is 4. The van der Waals surface area contributed by atoms with Crippen molar-refractivity contribution in [3.05, 3.63) is 81.7 Å². The molecule has 11 heteroatoms. The first-order valence-corrected chi connectivity index (χ1v) is 11.1. The number of carbonyl (C=O) groups excluding carboxylic acids is 1. The molecule has 0 unspecified atom stereocenters. The van der Waals surface area contributed by atoms with Crippen molar-refractivity contribution in [1.82, 2.24) is 25.1 Å². The number of nitrogens with one attached hydrogen (secondary N) is 1. The fourth-order valence-corrected chi connectivity index (χ4v) is 4.16. The molecule has 3 heterocycles. The molecule has 1 N–H and O–H groups in total. The monoisotopic (exact) mass is 491 g/mol. The van der Waals surface area contributed by atoms with Crippen LogP contribution in [0.3, 0.4) is 0 Å². The van der Waals surface area contributed by atoms with Crippen LogP contribution in [-0.4, -0.2) is 32.2 Å². The molecule has 0 aliphatic heterocycles. The highest BCUT2D eigenvalue weighted by Gasteiger charge is 2.40. The summed E-state index contributed by atoms with van der Waals surface area (Å²) in [5.41, 5.74) is 0.277. The second-order valence-corrected chi connectivity index (χ2v) is 8.39. The lowest BCUT2D eigenvalue weighted by Crippen LogP contribution is -2.27. The summed E-state index contributed by atoms with van der Waals surface area (Å²) in [7, 11) is 0. The Morgan fingerprint density at radius 2 is 1.85 bits per heavy atom. The van der Waals surface area contributed by atoms with E-state index in [-0.39, 0.29) is 12.2 Å². The van der Waals surface area contributed by atoms with E-state index in [4.69, 9.17) is 11.6 Å². The van der Waals surface area contributed by atoms with Crippen molar-refractivity contribution in [3.63, 3.8) is 0 Å². The van der Waals surface area contributed by atoms with Crippen LogP contribution in [0.2, 0.25) is 5.02 Å². The van der Waals surface area contributed by atoms with E-state index in [1.807, 2.05) is 17.5 Å². The molecule has 1 aromatic carbocycles. The van der Waals surface area contributed by atoms with Crippen LogP contribution in [0.1, 0.15) is 27.5 Å². The van der Waals surface area contributed by atoms with E-state index in [1.54, 1.807) is 12.4 Å². The van der Waals surface area contributed by atoms with Crippen LogP contribution in [0.25, 0.3) is 16.9 Å². The smallest absolute Gasteiger partial charge is 0.352 e. The van der Waals surface area contributed by atoms with E-state index in [1.165, 1.54) is 35.6 Å². The van der Waals surface area contributed by atoms with Crippen LogP contribution in [0.15, 0.2) is 60.4 Å². The van der Waals surface area contributed by atoms with Crippen LogP contribution < -0.4 is 5.32 Å². The molecule has 0 spiro atoms. The number of hydrogen-bond acceptors (Lipinski definition) is 5. The number of hydrogen-bond donors (Lipinski definition) is 1. The van der Waals surface area contributed by atoms with Gasteiger partial charge in [-0.3, -0.25) is 9.78 Å². The van der Waals surface area contributed by atoms with Gasteiger partial charge in [-0.2, -0.15) is 18.3 Å². The standard InChI is InChI=1S/C22H17ClF3N5OS/c23-15-3-5-16(6-4-15)31-20(22(24,25)26)17(12-29-31)21(32)28-9-1-2-19-30-18(13-33-19)14-7-10-27-11-8-14/h3-8,10-13H,1-2,9H2,(H,28,32). The van der Waals surface area contributed by atoms with Crippen molar-refractivity contribution in [2.24, 2.45) is 0 Å². The Labute approximate surface area is 196 Å². The first-order chi connectivity index (χ1) is 15.8. The summed E-state index contributed by atoms with van der Waals surface area (Å²) in [6, 6.07) is 9.44. The Hall–Kier alpha value is -3.24. The van der Waals surface area contributed by atoms with Gasteiger partial charge in [0.1, 0.15) is 0 Å². The van der Waals surface area contributed by atoms with E-state index in [0.29, 0.717) is 22.5 Å². The van der Waals surface area contributed by atoms with E-state index in [2.05, 4.69) is 20.4 Å². The minimum atomic E-state index is -4.77. The zero-order valence-corrected chi connectivity index (χ0v) is 18.6. The summed E-state index contributed by atoms with van der Waals surface area (Å²) in [5.74, 6) is -0.834. The van der Waals surface area contributed by atoms with Gasteiger partial charge in [0.25, 0.3) is 5.91 Å². The third-order valence-electron chi connectivity index (χ3n) is 4.73. The Balaban J connectivity index is 1.40. The molecule has 4 aromatic rings. The molecule has 4 rings (SSSR count). The van der Waals surface area contributed by atoms with Crippen molar-refractivity contribution in [1.29, 1.82) is 0 Å². The van der Waals surface area contributed by atoms with Crippen molar-refractivity contribution in [2.75, 3.05) is 6.54 Å². The fourth-order valence-electron chi connectivity index (χ4n) is 3.18. The molecule has 6 nitrogen and oxygen atoms in total. The second-order valence-electron chi connectivity index (χ2n) is 7.01. The summed E-state index contributed by atoms with van der Waals surface area (Å²) in [6.07, 6.45) is 0.651. The molecule has 0 radical (unpaired) electrons. The Bertz CT molecular complexity index is 1240. The van der Waals surface area contributed by atoms with Gasteiger partial charge in [0, 0.05) is 41.3 Å². The first-order valence-electron chi connectivity index (χ1n) is 9.87. The SMILES string of the molecule is O=C(NCCCc1nc(-c2ccncc2)cs1)c1cnn(-c2ccc(Cl)cc2)c1C(F)(F)F. The zero-order chi connectivity index (χ0) is 23.4. The lowest BCUT2D eigenvalue weighted by atomic mass is 10.2. The average Bonchev–Trinajstić information content (AvgIpc) is 3.45. The minimum Gasteiger partial charge on any atom is -0.352 e. The fraction of sp³-hybridized carbons (Fsp3) is 0.182. The molecular weight excluding hydrogens is 475 g/mol. The van der Waals surface area contributed by atoms with Gasteiger partial charge in [0.2, 0.25) is 0 Å².